The number of aryl methyl sites for hydroxylation is 1. The zero-order valence-corrected chi connectivity index (χ0v) is 6.96. The monoisotopic (exact) mass is 164 g/mol. The predicted molar refractivity (Wildman–Crippen MR) is 50.5 cm³/mol. The quantitative estimate of drug-likeness (QED) is 0.546. The van der Waals surface area contributed by atoms with E-state index in [2.05, 4.69) is 6.58 Å². The molecule has 0 bridgehead atoms. The third kappa shape index (κ3) is 1.34. The van der Waals surface area contributed by atoms with Crippen LogP contribution in [-0.2, 0) is 0 Å². The summed E-state index contributed by atoms with van der Waals surface area (Å²) < 4.78 is 0. The predicted octanol–water partition coefficient (Wildman–Crippen LogP) is 1.21. The summed E-state index contributed by atoms with van der Waals surface area (Å²) in [5.41, 5.74) is 13.4. The van der Waals surface area contributed by atoms with Crippen LogP contribution in [0.15, 0.2) is 18.7 Å². The molecule has 0 aliphatic carbocycles. The minimum atomic E-state index is 0.178. The Morgan fingerprint density at radius 2 is 2.08 bits per heavy atom. The van der Waals surface area contributed by atoms with Crippen LogP contribution in [0.3, 0.4) is 0 Å². The van der Waals surface area contributed by atoms with Crippen LogP contribution in [0.4, 0.5) is 5.69 Å². The fourth-order valence-corrected chi connectivity index (χ4v) is 0.991. The van der Waals surface area contributed by atoms with Gasteiger partial charge in [-0.05, 0) is 18.6 Å². The van der Waals surface area contributed by atoms with E-state index in [0.29, 0.717) is 16.9 Å². The number of nitrogens with two attached hydrogens (primary N) is 2. The highest BCUT2D eigenvalue weighted by Crippen LogP contribution is 2.25. The topological polar surface area (TPSA) is 72.3 Å². The summed E-state index contributed by atoms with van der Waals surface area (Å²) in [5, 5.41) is 9.26. The molecule has 12 heavy (non-hydrogen) atoms. The van der Waals surface area contributed by atoms with Crippen LogP contribution in [0.1, 0.15) is 11.1 Å². The van der Waals surface area contributed by atoms with E-state index < -0.39 is 0 Å². The van der Waals surface area contributed by atoms with E-state index in [4.69, 9.17) is 11.5 Å². The van der Waals surface area contributed by atoms with Crippen LogP contribution in [0.25, 0.3) is 5.70 Å². The summed E-state index contributed by atoms with van der Waals surface area (Å²) >= 11 is 0. The van der Waals surface area contributed by atoms with Crippen molar-refractivity contribution in [3.8, 4) is 5.75 Å². The normalized spacial score (nSPS) is 9.75. The number of phenols is 1. The van der Waals surface area contributed by atoms with Crippen molar-refractivity contribution >= 4 is 11.4 Å². The maximum atomic E-state index is 9.26. The molecule has 1 aromatic carbocycles. The Balaban J connectivity index is 3.33. The lowest BCUT2D eigenvalue weighted by atomic mass is 10.1. The van der Waals surface area contributed by atoms with E-state index in [-0.39, 0.29) is 5.75 Å². The van der Waals surface area contributed by atoms with E-state index in [1.54, 1.807) is 13.0 Å². The van der Waals surface area contributed by atoms with Gasteiger partial charge in [-0.2, -0.15) is 0 Å². The molecule has 3 heteroatoms. The molecule has 0 unspecified atom stereocenters. The van der Waals surface area contributed by atoms with Gasteiger partial charge in [-0.1, -0.05) is 6.58 Å². The molecule has 0 aliphatic heterocycles. The molecular weight excluding hydrogens is 152 g/mol. The second-order valence-electron chi connectivity index (χ2n) is 2.75. The molecule has 0 saturated heterocycles. The lowest BCUT2D eigenvalue weighted by molar-refractivity contribution is 0.471. The van der Waals surface area contributed by atoms with Crippen LogP contribution >= 0.6 is 0 Å². The average molecular weight is 164 g/mol. The standard InChI is InChI=1S/C9H12N2O/c1-5-3-7(6(2)10)8(11)4-9(5)12/h3-4,12H,2,10-11H2,1H3. The zero-order chi connectivity index (χ0) is 9.30. The van der Waals surface area contributed by atoms with Crippen LogP contribution in [0.2, 0.25) is 0 Å². The maximum absolute atomic E-state index is 9.26. The Labute approximate surface area is 71.3 Å². The minimum absolute atomic E-state index is 0.178. The van der Waals surface area contributed by atoms with Crippen LogP contribution in [-0.4, -0.2) is 5.11 Å². The molecule has 0 amide bonds. The van der Waals surface area contributed by atoms with Gasteiger partial charge in [0.15, 0.2) is 0 Å². The summed E-state index contributed by atoms with van der Waals surface area (Å²) in [6.45, 7) is 5.35. The second kappa shape index (κ2) is 2.77. The maximum Gasteiger partial charge on any atom is 0.120 e. The molecule has 0 fully saturated rings. The number of benzene rings is 1. The molecule has 64 valence electrons. The first-order valence-corrected chi connectivity index (χ1v) is 3.56. The SMILES string of the molecule is C=C(N)c1cc(C)c(O)cc1N. The van der Waals surface area contributed by atoms with Gasteiger partial charge >= 0.3 is 0 Å². The Morgan fingerprint density at radius 3 is 2.58 bits per heavy atom. The number of rotatable bonds is 1. The molecule has 0 aromatic heterocycles. The van der Waals surface area contributed by atoms with Crippen molar-refractivity contribution in [1.82, 2.24) is 0 Å². The summed E-state index contributed by atoms with van der Waals surface area (Å²) in [5.74, 6) is 0.178. The van der Waals surface area contributed by atoms with Gasteiger partial charge in [0.1, 0.15) is 5.75 Å². The highest BCUT2D eigenvalue weighted by atomic mass is 16.3. The fraction of sp³-hybridized carbons (Fsp3) is 0.111. The Hall–Kier alpha value is -1.64. The molecule has 3 nitrogen and oxygen atoms in total. The molecule has 0 atom stereocenters. The van der Waals surface area contributed by atoms with Crippen LogP contribution in [0, 0.1) is 6.92 Å². The lowest BCUT2D eigenvalue weighted by Crippen LogP contribution is -2.00. The van der Waals surface area contributed by atoms with Crippen molar-refractivity contribution < 1.29 is 5.11 Å². The molecule has 0 saturated carbocycles. The summed E-state index contributed by atoms with van der Waals surface area (Å²) in [6.07, 6.45) is 0. The number of nitrogen functional groups attached to an aromatic ring is 1. The van der Waals surface area contributed by atoms with Crippen molar-refractivity contribution in [3.63, 3.8) is 0 Å². The van der Waals surface area contributed by atoms with Gasteiger partial charge in [0.25, 0.3) is 0 Å². The van der Waals surface area contributed by atoms with Crippen molar-refractivity contribution in [2.75, 3.05) is 5.73 Å². The van der Waals surface area contributed by atoms with Gasteiger partial charge in [0.2, 0.25) is 0 Å². The number of anilines is 1. The third-order valence-electron chi connectivity index (χ3n) is 1.71. The lowest BCUT2D eigenvalue weighted by Gasteiger charge is -2.07. The fourth-order valence-electron chi connectivity index (χ4n) is 0.991. The number of phenolic OH excluding ortho intramolecular Hbond substituents is 1. The first-order valence-electron chi connectivity index (χ1n) is 3.56. The first-order chi connectivity index (χ1) is 5.52. The Bertz CT molecular complexity index is 332. The minimum Gasteiger partial charge on any atom is -0.508 e. The van der Waals surface area contributed by atoms with Crippen molar-refractivity contribution in [2.45, 2.75) is 6.92 Å². The molecule has 0 aliphatic rings. The van der Waals surface area contributed by atoms with E-state index in [1.165, 1.54) is 6.07 Å². The smallest absolute Gasteiger partial charge is 0.120 e. The van der Waals surface area contributed by atoms with Crippen molar-refractivity contribution in [1.29, 1.82) is 0 Å². The molecule has 1 rings (SSSR count). The molecular formula is C9H12N2O. The number of hydrogen-bond acceptors (Lipinski definition) is 3. The second-order valence-corrected chi connectivity index (χ2v) is 2.75. The number of hydrogen-bond donors (Lipinski definition) is 3. The van der Waals surface area contributed by atoms with Gasteiger partial charge in [-0.25, -0.2) is 0 Å². The van der Waals surface area contributed by atoms with Crippen LogP contribution in [0.5, 0.6) is 5.75 Å². The third-order valence-corrected chi connectivity index (χ3v) is 1.71. The highest BCUT2D eigenvalue weighted by Gasteiger charge is 2.04. The number of aromatic hydroxyl groups is 1. The van der Waals surface area contributed by atoms with Gasteiger partial charge < -0.3 is 16.6 Å². The molecule has 0 spiro atoms. The Morgan fingerprint density at radius 1 is 1.50 bits per heavy atom. The highest BCUT2D eigenvalue weighted by molar-refractivity contribution is 5.73. The van der Waals surface area contributed by atoms with E-state index in [0.717, 1.165) is 5.56 Å². The van der Waals surface area contributed by atoms with Crippen molar-refractivity contribution in [2.24, 2.45) is 5.73 Å². The van der Waals surface area contributed by atoms with Gasteiger partial charge in [-0.3, -0.25) is 0 Å². The van der Waals surface area contributed by atoms with E-state index >= 15 is 0 Å². The van der Waals surface area contributed by atoms with Crippen molar-refractivity contribution in [3.05, 3.63) is 29.8 Å². The van der Waals surface area contributed by atoms with E-state index in [1.807, 2.05) is 0 Å². The molecule has 0 radical (unpaired) electrons. The molecule has 0 heterocycles. The molecule has 1 aromatic rings. The Kier molecular flexibility index (Phi) is 1.95. The average Bonchev–Trinajstić information content (AvgIpc) is 1.96. The van der Waals surface area contributed by atoms with E-state index in [9.17, 15) is 5.11 Å². The van der Waals surface area contributed by atoms with Crippen LogP contribution < -0.4 is 11.5 Å². The van der Waals surface area contributed by atoms with Gasteiger partial charge in [0.05, 0.1) is 0 Å². The van der Waals surface area contributed by atoms with Gasteiger partial charge in [-0.15, -0.1) is 0 Å². The summed E-state index contributed by atoms with van der Waals surface area (Å²) in [4.78, 5) is 0. The largest absolute Gasteiger partial charge is 0.508 e. The summed E-state index contributed by atoms with van der Waals surface area (Å²) in [7, 11) is 0. The summed E-state index contributed by atoms with van der Waals surface area (Å²) in [6, 6.07) is 3.19. The first kappa shape index (κ1) is 8.46. The molecule has 5 N–H and O–H groups in total. The zero-order valence-electron chi connectivity index (χ0n) is 6.96. The van der Waals surface area contributed by atoms with Gasteiger partial charge in [0, 0.05) is 23.0 Å².